The average Bonchev–Trinajstić information content (AvgIpc) is 2.11. The molecule has 13 heavy (non-hydrogen) atoms. The van der Waals surface area contributed by atoms with Gasteiger partial charge in [0.25, 0.3) is 0 Å². The highest BCUT2D eigenvalue weighted by Gasteiger charge is 2.02. The van der Waals surface area contributed by atoms with E-state index in [0.717, 1.165) is 24.8 Å². The molecule has 0 rings (SSSR count). The van der Waals surface area contributed by atoms with Gasteiger partial charge in [0.05, 0.1) is 0 Å². The molecule has 0 aromatic rings. The molecule has 1 nitrogen and oxygen atoms in total. The summed E-state index contributed by atoms with van der Waals surface area (Å²) in [5.41, 5.74) is 2.15. The SMILES string of the molecule is C=C(C)CCC=C(CC)C(=O)CC. The molecule has 1 heteroatoms. The molecule has 0 aliphatic heterocycles. The largest absolute Gasteiger partial charge is 0.295 e. The van der Waals surface area contributed by atoms with Gasteiger partial charge in [-0.1, -0.05) is 25.5 Å². The Morgan fingerprint density at radius 3 is 2.31 bits per heavy atom. The van der Waals surface area contributed by atoms with Gasteiger partial charge in [0.1, 0.15) is 0 Å². The highest BCUT2D eigenvalue weighted by atomic mass is 16.1. The molecule has 0 aliphatic carbocycles. The third-order valence-electron chi connectivity index (χ3n) is 2.02. The van der Waals surface area contributed by atoms with Gasteiger partial charge < -0.3 is 0 Å². The standard InChI is InChI=1S/C12H20O/c1-5-11(12(13)6-2)9-7-8-10(3)4/h9H,3,5-8H2,1-2,4H3. The van der Waals surface area contributed by atoms with Crippen LogP contribution in [0, 0.1) is 0 Å². The van der Waals surface area contributed by atoms with Crippen molar-refractivity contribution in [3.8, 4) is 0 Å². The van der Waals surface area contributed by atoms with Gasteiger partial charge in [-0.2, -0.15) is 0 Å². The summed E-state index contributed by atoms with van der Waals surface area (Å²) in [6, 6.07) is 0. The smallest absolute Gasteiger partial charge is 0.158 e. The Kier molecular flexibility index (Phi) is 6.21. The molecule has 0 saturated carbocycles. The molecule has 0 N–H and O–H groups in total. The fourth-order valence-corrected chi connectivity index (χ4v) is 1.18. The van der Waals surface area contributed by atoms with Crippen LogP contribution in [-0.2, 0) is 4.79 Å². The maximum atomic E-state index is 11.3. The Morgan fingerprint density at radius 1 is 1.31 bits per heavy atom. The first-order valence-corrected chi connectivity index (χ1v) is 4.98. The van der Waals surface area contributed by atoms with Gasteiger partial charge in [-0.25, -0.2) is 0 Å². The molecule has 0 fully saturated rings. The van der Waals surface area contributed by atoms with Crippen LogP contribution >= 0.6 is 0 Å². The predicted molar refractivity (Wildman–Crippen MR) is 57.7 cm³/mol. The molecule has 0 bridgehead atoms. The van der Waals surface area contributed by atoms with E-state index in [1.165, 1.54) is 5.57 Å². The van der Waals surface area contributed by atoms with Gasteiger partial charge in [0.2, 0.25) is 0 Å². The summed E-state index contributed by atoms with van der Waals surface area (Å²) < 4.78 is 0. The van der Waals surface area contributed by atoms with Crippen LogP contribution in [0.5, 0.6) is 0 Å². The number of hydrogen-bond donors (Lipinski definition) is 0. The first kappa shape index (κ1) is 12.2. The lowest BCUT2D eigenvalue weighted by Gasteiger charge is -2.01. The molecule has 0 unspecified atom stereocenters. The van der Waals surface area contributed by atoms with Gasteiger partial charge in [0, 0.05) is 6.42 Å². The maximum Gasteiger partial charge on any atom is 0.158 e. The van der Waals surface area contributed by atoms with E-state index in [2.05, 4.69) is 12.7 Å². The summed E-state index contributed by atoms with van der Waals surface area (Å²) >= 11 is 0. The minimum atomic E-state index is 0.282. The first-order valence-electron chi connectivity index (χ1n) is 4.98. The number of rotatable bonds is 6. The van der Waals surface area contributed by atoms with E-state index in [1.807, 2.05) is 20.8 Å². The van der Waals surface area contributed by atoms with Crippen molar-refractivity contribution in [2.45, 2.75) is 46.5 Å². The molecule has 0 aliphatic rings. The number of hydrogen-bond acceptors (Lipinski definition) is 1. The monoisotopic (exact) mass is 180 g/mol. The Hall–Kier alpha value is -0.850. The van der Waals surface area contributed by atoms with E-state index in [4.69, 9.17) is 0 Å². The summed E-state index contributed by atoms with van der Waals surface area (Å²) in [5.74, 6) is 0.282. The topological polar surface area (TPSA) is 17.1 Å². The van der Waals surface area contributed by atoms with E-state index in [0.29, 0.717) is 6.42 Å². The van der Waals surface area contributed by atoms with Gasteiger partial charge in [-0.15, -0.1) is 6.58 Å². The summed E-state index contributed by atoms with van der Waals surface area (Å²) in [7, 11) is 0. The van der Waals surface area contributed by atoms with Crippen LogP contribution in [0.25, 0.3) is 0 Å². The molecular formula is C12H20O. The molecule has 0 heterocycles. The predicted octanol–water partition coefficient (Wildman–Crippen LogP) is 3.66. The Bertz CT molecular complexity index is 211. The second-order valence-electron chi connectivity index (χ2n) is 3.36. The highest BCUT2D eigenvalue weighted by molar-refractivity contribution is 5.94. The second-order valence-corrected chi connectivity index (χ2v) is 3.36. The van der Waals surface area contributed by atoms with Crippen LogP contribution < -0.4 is 0 Å². The first-order chi connectivity index (χ1) is 6.11. The van der Waals surface area contributed by atoms with E-state index in [9.17, 15) is 4.79 Å². The lowest BCUT2D eigenvalue weighted by molar-refractivity contribution is -0.115. The van der Waals surface area contributed by atoms with Crippen molar-refractivity contribution in [3.05, 3.63) is 23.8 Å². The van der Waals surface area contributed by atoms with E-state index in [-0.39, 0.29) is 5.78 Å². The quantitative estimate of drug-likeness (QED) is 0.450. The minimum absolute atomic E-state index is 0.282. The number of Topliss-reactive ketones (excluding diaryl/α,β-unsaturated/α-hetero) is 1. The van der Waals surface area contributed by atoms with Gasteiger partial charge >= 0.3 is 0 Å². The third kappa shape index (κ3) is 5.40. The van der Waals surface area contributed by atoms with Gasteiger partial charge in [-0.05, 0) is 31.8 Å². The van der Waals surface area contributed by atoms with Crippen molar-refractivity contribution in [3.63, 3.8) is 0 Å². The van der Waals surface area contributed by atoms with Crippen LogP contribution in [0.1, 0.15) is 46.5 Å². The van der Waals surface area contributed by atoms with E-state index < -0.39 is 0 Å². The molecular weight excluding hydrogens is 160 g/mol. The fourth-order valence-electron chi connectivity index (χ4n) is 1.18. The molecule has 0 atom stereocenters. The van der Waals surface area contributed by atoms with Gasteiger partial charge in [0.15, 0.2) is 5.78 Å². The third-order valence-corrected chi connectivity index (χ3v) is 2.02. The number of carbonyl (C=O) groups is 1. The normalized spacial score (nSPS) is 11.5. The summed E-state index contributed by atoms with van der Waals surface area (Å²) in [5, 5.41) is 0. The van der Waals surface area contributed by atoms with Crippen molar-refractivity contribution in [1.82, 2.24) is 0 Å². The maximum absolute atomic E-state index is 11.3. The van der Waals surface area contributed by atoms with Crippen LogP contribution in [0.3, 0.4) is 0 Å². The summed E-state index contributed by atoms with van der Waals surface area (Å²) in [6.45, 7) is 9.78. The Labute approximate surface area is 81.5 Å². The zero-order valence-electron chi connectivity index (χ0n) is 9.02. The molecule has 0 aromatic carbocycles. The Morgan fingerprint density at radius 2 is 1.92 bits per heavy atom. The van der Waals surface area contributed by atoms with Crippen molar-refractivity contribution < 1.29 is 4.79 Å². The number of ketones is 1. The van der Waals surface area contributed by atoms with Crippen molar-refractivity contribution in [1.29, 1.82) is 0 Å². The van der Waals surface area contributed by atoms with Crippen LogP contribution in [-0.4, -0.2) is 5.78 Å². The van der Waals surface area contributed by atoms with Crippen LogP contribution in [0.4, 0.5) is 0 Å². The van der Waals surface area contributed by atoms with Crippen LogP contribution in [0.15, 0.2) is 23.8 Å². The molecule has 0 spiro atoms. The summed E-state index contributed by atoms with van der Waals surface area (Å²) in [4.78, 5) is 11.3. The van der Waals surface area contributed by atoms with Crippen molar-refractivity contribution in [2.75, 3.05) is 0 Å². The molecule has 74 valence electrons. The Balaban J connectivity index is 4.07. The number of allylic oxidation sites excluding steroid dienone is 3. The van der Waals surface area contributed by atoms with E-state index in [1.54, 1.807) is 0 Å². The van der Waals surface area contributed by atoms with Crippen molar-refractivity contribution in [2.24, 2.45) is 0 Å². The fraction of sp³-hybridized carbons (Fsp3) is 0.583. The van der Waals surface area contributed by atoms with Crippen molar-refractivity contribution >= 4 is 5.78 Å². The lowest BCUT2D eigenvalue weighted by Crippen LogP contribution is -1.99. The zero-order chi connectivity index (χ0) is 10.3. The molecule has 0 radical (unpaired) electrons. The van der Waals surface area contributed by atoms with Gasteiger partial charge in [-0.3, -0.25) is 4.79 Å². The highest BCUT2D eigenvalue weighted by Crippen LogP contribution is 2.09. The minimum Gasteiger partial charge on any atom is -0.295 e. The molecule has 0 saturated heterocycles. The second kappa shape index (κ2) is 6.64. The average molecular weight is 180 g/mol. The number of carbonyl (C=O) groups excluding carboxylic acids is 1. The van der Waals surface area contributed by atoms with E-state index >= 15 is 0 Å². The zero-order valence-corrected chi connectivity index (χ0v) is 9.02. The van der Waals surface area contributed by atoms with Crippen LogP contribution in [0.2, 0.25) is 0 Å². The molecule has 0 aromatic heterocycles. The lowest BCUT2D eigenvalue weighted by atomic mass is 10.0. The molecule has 0 amide bonds. The summed E-state index contributed by atoms with van der Waals surface area (Å²) in [6.07, 6.45) is 5.46.